The Morgan fingerprint density at radius 3 is 2.23 bits per heavy atom. The summed E-state index contributed by atoms with van der Waals surface area (Å²) in [5, 5.41) is 0.0642. The van der Waals surface area contributed by atoms with E-state index in [-0.39, 0.29) is 46.4 Å². The van der Waals surface area contributed by atoms with Crippen molar-refractivity contribution in [2.24, 2.45) is 17.3 Å². The molecule has 30 heavy (non-hydrogen) atoms. The standard InChI is InChI=1S/C24H42O5Si/c1-14-15(25)12-13-23(9)19-17(26-22(7,8)27-19)16-18(24(14,23)29-21(16,5)6)28-30(10,11)20(2,3)4/h14,16-19H,12-13H2,1-11H3/t14-,16-,17-,18-,19-,23+,24-/m0/s1. The van der Waals surface area contributed by atoms with E-state index < -0.39 is 25.3 Å². The van der Waals surface area contributed by atoms with Gasteiger partial charge in [0.2, 0.25) is 0 Å². The maximum absolute atomic E-state index is 13.1. The van der Waals surface area contributed by atoms with Crippen LogP contribution < -0.4 is 0 Å². The van der Waals surface area contributed by atoms with Gasteiger partial charge in [0.25, 0.3) is 0 Å². The normalized spacial score (nSPS) is 47.2. The van der Waals surface area contributed by atoms with Gasteiger partial charge in [-0.2, -0.15) is 0 Å². The van der Waals surface area contributed by atoms with Crippen molar-refractivity contribution in [3.63, 3.8) is 0 Å². The van der Waals surface area contributed by atoms with Crippen molar-refractivity contribution in [2.75, 3.05) is 0 Å². The molecular formula is C24H42O5Si. The first-order chi connectivity index (χ1) is 13.4. The number of ether oxygens (including phenoxy) is 3. The predicted octanol–water partition coefficient (Wildman–Crippen LogP) is 5.08. The van der Waals surface area contributed by atoms with Crippen LogP contribution in [0.25, 0.3) is 0 Å². The van der Waals surface area contributed by atoms with Gasteiger partial charge in [0.1, 0.15) is 11.4 Å². The lowest BCUT2D eigenvalue weighted by Crippen LogP contribution is -2.73. The molecule has 172 valence electrons. The number of hydrogen-bond acceptors (Lipinski definition) is 5. The van der Waals surface area contributed by atoms with Crippen LogP contribution in [0.15, 0.2) is 0 Å². The Labute approximate surface area is 183 Å². The van der Waals surface area contributed by atoms with Crippen molar-refractivity contribution in [1.29, 1.82) is 0 Å². The molecule has 0 aromatic heterocycles. The maximum Gasteiger partial charge on any atom is 0.192 e. The third-order valence-electron chi connectivity index (χ3n) is 9.23. The van der Waals surface area contributed by atoms with Gasteiger partial charge in [-0.3, -0.25) is 4.79 Å². The highest BCUT2D eigenvalue weighted by atomic mass is 28.4. The van der Waals surface area contributed by atoms with Gasteiger partial charge < -0.3 is 18.6 Å². The number of ketones is 1. The minimum Gasteiger partial charge on any atom is -0.410 e. The second kappa shape index (κ2) is 6.19. The van der Waals surface area contributed by atoms with E-state index in [4.69, 9.17) is 18.6 Å². The number of hydrogen-bond donors (Lipinski definition) is 0. The number of carbonyl (C=O) groups is 1. The van der Waals surface area contributed by atoms with Crippen LogP contribution in [0, 0.1) is 17.3 Å². The second-order valence-electron chi connectivity index (χ2n) is 12.9. The van der Waals surface area contributed by atoms with Crippen LogP contribution in [0.1, 0.15) is 75.2 Å². The van der Waals surface area contributed by atoms with Crippen LogP contribution in [0.5, 0.6) is 0 Å². The average molecular weight is 439 g/mol. The molecule has 0 radical (unpaired) electrons. The predicted molar refractivity (Wildman–Crippen MR) is 119 cm³/mol. The van der Waals surface area contributed by atoms with Crippen molar-refractivity contribution in [1.82, 2.24) is 0 Å². The maximum atomic E-state index is 13.1. The van der Waals surface area contributed by atoms with Gasteiger partial charge in [-0.15, -0.1) is 0 Å². The molecule has 2 bridgehead atoms. The highest BCUT2D eigenvalue weighted by Gasteiger charge is 2.81. The summed E-state index contributed by atoms with van der Waals surface area (Å²) in [6.07, 6.45) is 0.918. The summed E-state index contributed by atoms with van der Waals surface area (Å²) in [5.74, 6) is -0.584. The van der Waals surface area contributed by atoms with E-state index in [0.717, 1.165) is 6.42 Å². The lowest BCUT2D eigenvalue weighted by molar-refractivity contribution is -0.251. The van der Waals surface area contributed by atoms with Gasteiger partial charge in [-0.25, -0.2) is 0 Å². The summed E-state index contributed by atoms with van der Waals surface area (Å²) in [6.45, 7) is 24.0. The van der Waals surface area contributed by atoms with E-state index in [9.17, 15) is 4.79 Å². The zero-order valence-electron chi connectivity index (χ0n) is 20.8. The quantitative estimate of drug-likeness (QED) is 0.563. The van der Waals surface area contributed by atoms with E-state index in [2.05, 4.69) is 61.6 Å². The summed E-state index contributed by atoms with van der Waals surface area (Å²) in [7, 11) is -2.13. The van der Waals surface area contributed by atoms with Gasteiger partial charge in [0.15, 0.2) is 14.1 Å². The summed E-state index contributed by atoms with van der Waals surface area (Å²) >= 11 is 0. The molecular weight excluding hydrogens is 396 g/mol. The largest absolute Gasteiger partial charge is 0.410 e. The fourth-order valence-corrected chi connectivity index (χ4v) is 7.94. The van der Waals surface area contributed by atoms with Crippen LogP contribution in [0.4, 0.5) is 0 Å². The molecule has 0 aromatic carbocycles. The van der Waals surface area contributed by atoms with Gasteiger partial charge in [-0.1, -0.05) is 34.6 Å². The Bertz CT molecular complexity index is 753. The molecule has 6 heteroatoms. The van der Waals surface area contributed by atoms with Crippen molar-refractivity contribution in [3.8, 4) is 0 Å². The Kier molecular flexibility index (Phi) is 4.73. The lowest BCUT2D eigenvalue weighted by atomic mass is 9.49. The molecule has 5 nitrogen and oxygen atoms in total. The number of carbonyl (C=O) groups excluding carboxylic acids is 1. The van der Waals surface area contributed by atoms with Gasteiger partial charge >= 0.3 is 0 Å². The molecule has 2 saturated carbocycles. The molecule has 0 N–H and O–H groups in total. The van der Waals surface area contributed by atoms with Gasteiger partial charge in [0.05, 0.1) is 23.9 Å². The zero-order chi connectivity index (χ0) is 22.7. The molecule has 0 amide bonds. The zero-order valence-corrected chi connectivity index (χ0v) is 21.8. The first-order valence-electron chi connectivity index (χ1n) is 11.7. The molecule has 2 aliphatic heterocycles. The van der Waals surface area contributed by atoms with Crippen molar-refractivity contribution in [2.45, 2.75) is 129 Å². The average Bonchev–Trinajstić information content (AvgIpc) is 2.98. The molecule has 2 saturated heterocycles. The third-order valence-corrected chi connectivity index (χ3v) is 13.7. The van der Waals surface area contributed by atoms with E-state index in [1.807, 2.05) is 13.8 Å². The van der Waals surface area contributed by atoms with Crippen LogP contribution in [-0.4, -0.2) is 49.4 Å². The Morgan fingerprint density at radius 1 is 1.07 bits per heavy atom. The summed E-state index contributed by atoms with van der Waals surface area (Å²) in [4.78, 5) is 13.1. The first-order valence-corrected chi connectivity index (χ1v) is 14.6. The van der Waals surface area contributed by atoms with E-state index in [1.54, 1.807) is 0 Å². The summed E-state index contributed by atoms with van der Waals surface area (Å²) in [5.41, 5.74) is -1.52. The molecule has 7 atom stereocenters. The third kappa shape index (κ3) is 2.76. The van der Waals surface area contributed by atoms with Crippen LogP contribution in [0.3, 0.4) is 0 Å². The highest BCUT2D eigenvalue weighted by molar-refractivity contribution is 6.74. The van der Waals surface area contributed by atoms with Crippen molar-refractivity contribution < 1.29 is 23.4 Å². The summed E-state index contributed by atoms with van der Waals surface area (Å²) in [6, 6.07) is 0. The molecule has 4 rings (SSSR count). The minimum absolute atomic E-state index is 0.0137. The SMILES string of the molecule is C[C@H]1C(=O)CC[C@]2(C)[C@H]3OC(C)(C)O[C@H]3[C@H]3[C@H](O[Si](C)(C)C(C)(C)C)[C@@]12OC3(C)C. The highest BCUT2D eigenvalue weighted by Crippen LogP contribution is 2.69. The van der Waals surface area contributed by atoms with E-state index in [0.29, 0.717) is 6.42 Å². The van der Waals surface area contributed by atoms with Crippen LogP contribution in [0.2, 0.25) is 18.1 Å². The molecule has 2 heterocycles. The molecule has 4 aliphatic rings. The molecule has 1 spiro atoms. The second-order valence-corrected chi connectivity index (χ2v) is 17.7. The number of rotatable bonds is 2. The van der Waals surface area contributed by atoms with Crippen molar-refractivity contribution >= 4 is 14.1 Å². The molecule has 0 aromatic rings. The van der Waals surface area contributed by atoms with Gasteiger partial charge in [0, 0.05) is 23.7 Å². The first kappa shape index (κ1) is 22.9. The van der Waals surface area contributed by atoms with E-state index in [1.165, 1.54) is 0 Å². The number of Topliss-reactive ketones (excluding diaryl/α,β-unsaturated/α-hetero) is 1. The molecule has 0 unspecified atom stereocenters. The topological polar surface area (TPSA) is 54.0 Å². The van der Waals surface area contributed by atoms with Crippen LogP contribution in [-0.2, 0) is 23.4 Å². The smallest absolute Gasteiger partial charge is 0.192 e. The number of fused-ring (bicyclic) bond motifs is 4. The van der Waals surface area contributed by atoms with E-state index >= 15 is 0 Å². The summed E-state index contributed by atoms with van der Waals surface area (Å²) < 4.78 is 27.4. The molecule has 2 aliphatic carbocycles. The fraction of sp³-hybridized carbons (Fsp3) is 0.958. The van der Waals surface area contributed by atoms with Gasteiger partial charge in [-0.05, 0) is 52.2 Å². The Hall–Kier alpha value is -0.273. The fourth-order valence-electron chi connectivity index (χ4n) is 6.63. The Balaban J connectivity index is 1.92. The lowest BCUT2D eigenvalue weighted by Gasteiger charge is -2.61. The minimum atomic E-state index is -2.13. The van der Waals surface area contributed by atoms with Crippen molar-refractivity contribution in [3.05, 3.63) is 0 Å². The van der Waals surface area contributed by atoms with Crippen LogP contribution >= 0.6 is 0 Å². The monoisotopic (exact) mass is 438 g/mol. The molecule has 4 fully saturated rings. The Morgan fingerprint density at radius 2 is 1.67 bits per heavy atom.